The van der Waals surface area contributed by atoms with Crippen LogP contribution in [0.5, 0.6) is 11.5 Å². The van der Waals surface area contributed by atoms with Crippen LogP contribution in [-0.2, 0) is 9.53 Å². The molecule has 0 radical (unpaired) electrons. The van der Waals surface area contributed by atoms with Gasteiger partial charge in [-0.05, 0) is 45.4 Å². The van der Waals surface area contributed by atoms with E-state index < -0.39 is 5.60 Å². The average Bonchev–Trinajstić information content (AvgIpc) is 2.72. The lowest BCUT2D eigenvalue weighted by atomic mass is 10.0. The highest BCUT2D eigenvalue weighted by atomic mass is 16.7. The predicted molar refractivity (Wildman–Crippen MR) is 66.8 cm³/mol. The van der Waals surface area contributed by atoms with Crippen molar-refractivity contribution in [3.05, 3.63) is 23.8 Å². The lowest BCUT2D eigenvalue weighted by molar-refractivity contribution is -0.156. The van der Waals surface area contributed by atoms with E-state index in [1.165, 1.54) is 0 Å². The van der Waals surface area contributed by atoms with E-state index in [4.69, 9.17) is 14.2 Å². The molecule has 1 aromatic carbocycles. The summed E-state index contributed by atoms with van der Waals surface area (Å²) in [6.07, 6.45) is 0. The van der Waals surface area contributed by atoms with Gasteiger partial charge in [0.2, 0.25) is 6.79 Å². The maximum absolute atomic E-state index is 12.0. The van der Waals surface area contributed by atoms with E-state index in [1.807, 2.05) is 45.9 Å². The van der Waals surface area contributed by atoms with Crippen molar-refractivity contribution < 1.29 is 19.0 Å². The van der Waals surface area contributed by atoms with Crippen molar-refractivity contribution in [3.63, 3.8) is 0 Å². The molecule has 2 rings (SSSR count). The molecule has 0 saturated carbocycles. The van der Waals surface area contributed by atoms with Crippen LogP contribution in [0.3, 0.4) is 0 Å². The van der Waals surface area contributed by atoms with Gasteiger partial charge in [0.05, 0.1) is 5.92 Å². The normalized spacial score (nSPS) is 15.3. The number of carbonyl (C=O) groups excluding carboxylic acids is 1. The summed E-state index contributed by atoms with van der Waals surface area (Å²) in [5.41, 5.74) is 0.398. The van der Waals surface area contributed by atoms with Crippen molar-refractivity contribution in [3.8, 4) is 11.5 Å². The summed E-state index contributed by atoms with van der Waals surface area (Å²) in [6, 6.07) is 5.51. The molecule has 1 heterocycles. The summed E-state index contributed by atoms with van der Waals surface area (Å²) < 4.78 is 15.9. The molecule has 1 unspecified atom stereocenters. The van der Waals surface area contributed by atoms with Gasteiger partial charge in [0.25, 0.3) is 0 Å². The third-order valence-electron chi connectivity index (χ3n) is 2.66. The van der Waals surface area contributed by atoms with Crippen molar-refractivity contribution in [1.29, 1.82) is 0 Å². The van der Waals surface area contributed by atoms with Gasteiger partial charge in [-0.25, -0.2) is 0 Å². The number of esters is 1. The SMILES string of the molecule is CC(C(=O)OC(C)(C)C)c1ccc2c(c1)OCO2. The van der Waals surface area contributed by atoms with Crippen molar-refractivity contribution >= 4 is 5.97 Å². The van der Waals surface area contributed by atoms with Gasteiger partial charge in [0.15, 0.2) is 11.5 Å². The zero-order chi connectivity index (χ0) is 13.3. The lowest BCUT2D eigenvalue weighted by Crippen LogP contribution is -2.26. The Labute approximate surface area is 107 Å². The summed E-state index contributed by atoms with van der Waals surface area (Å²) >= 11 is 0. The Bertz CT molecular complexity index is 459. The smallest absolute Gasteiger partial charge is 0.313 e. The summed E-state index contributed by atoms with van der Waals surface area (Å²) in [5, 5.41) is 0. The molecule has 0 N–H and O–H groups in total. The average molecular weight is 250 g/mol. The van der Waals surface area contributed by atoms with Crippen molar-refractivity contribution in [2.75, 3.05) is 6.79 Å². The Morgan fingerprint density at radius 2 is 1.94 bits per heavy atom. The maximum Gasteiger partial charge on any atom is 0.313 e. The van der Waals surface area contributed by atoms with Crippen molar-refractivity contribution in [2.45, 2.75) is 39.2 Å². The molecule has 4 heteroatoms. The second-order valence-corrected chi connectivity index (χ2v) is 5.37. The Morgan fingerprint density at radius 3 is 2.61 bits per heavy atom. The van der Waals surface area contributed by atoms with Crippen LogP contribution < -0.4 is 9.47 Å². The fourth-order valence-corrected chi connectivity index (χ4v) is 1.71. The second kappa shape index (κ2) is 4.52. The molecule has 18 heavy (non-hydrogen) atoms. The van der Waals surface area contributed by atoms with Crippen LogP contribution in [0.15, 0.2) is 18.2 Å². The van der Waals surface area contributed by atoms with E-state index in [0.717, 1.165) is 11.3 Å². The van der Waals surface area contributed by atoms with Crippen LogP contribution >= 0.6 is 0 Å². The van der Waals surface area contributed by atoms with Gasteiger partial charge in [0.1, 0.15) is 5.60 Å². The summed E-state index contributed by atoms with van der Waals surface area (Å²) in [6.45, 7) is 7.64. The second-order valence-electron chi connectivity index (χ2n) is 5.37. The van der Waals surface area contributed by atoms with E-state index in [-0.39, 0.29) is 18.7 Å². The highest BCUT2D eigenvalue weighted by Crippen LogP contribution is 2.35. The molecule has 0 amide bonds. The zero-order valence-corrected chi connectivity index (χ0v) is 11.1. The summed E-state index contributed by atoms with van der Waals surface area (Å²) in [5.74, 6) is 0.845. The van der Waals surface area contributed by atoms with Gasteiger partial charge < -0.3 is 14.2 Å². The number of hydrogen-bond acceptors (Lipinski definition) is 4. The standard InChI is InChI=1S/C14H18O4/c1-9(13(15)18-14(2,3)4)10-5-6-11-12(7-10)17-8-16-11/h5-7,9H,8H2,1-4H3. The number of fused-ring (bicyclic) bond motifs is 1. The zero-order valence-electron chi connectivity index (χ0n) is 11.1. The molecule has 1 aliphatic rings. The molecule has 1 aliphatic heterocycles. The van der Waals surface area contributed by atoms with Gasteiger partial charge in [-0.15, -0.1) is 0 Å². The molecule has 0 bridgehead atoms. The van der Waals surface area contributed by atoms with Crippen molar-refractivity contribution in [2.24, 2.45) is 0 Å². The minimum atomic E-state index is -0.471. The Hall–Kier alpha value is -1.71. The Balaban J connectivity index is 2.14. The first-order chi connectivity index (χ1) is 8.37. The fourth-order valence-electron chi connectivity index (χ4n) is 1.71. The Kier molecular flexibility index (Phi) is 3.20. The number of benzene rings is 1. The molecule has 1 atom stereocenters. The predicted octanol–water partition coefficient (Wildman–Crippen LogP) is 2.86. The molecule has 0 fully saturated rings. The van der Waals surface area contributed by atoms with Crippen LogP contribution in [0.2, 0.25) is 0 Å². The topological polar surface area (TPSA) is 44.8 Å². The lowest BCUT2D eigenvalue weighted by Gasteiger charge is -2.22. The van der Waals surface area contributed by atoms with Crippen LogP contribution in [0.4, 0.5) is 0 Å². The first kappa shape index (κ1) is 12.7. The molecule has 98 valence electrons. The molecular weight excluding hydrogens is 232 g/mol. The van der Waals surface area contributed by atoms with Crippen LogP contribution in [0.25, 0.3) is 0 Å². The van der Waals surface area contributed by atoms with E-state index in [0.29, 0.717) is 5.75 Å². The molecule has 4 nitrogen and oxygen atoms in total. The molecule has 0 aromatic heterocycles. The minimum Gasteiger partial charge on any atom is -0.460 e. The van der Waals surface area contributed by atoms with Gasteiger partial charge >= 0.3 is 5.97 Å². The quantitative estimate of drug-likeness (QED) is 0.757. The fraction of sp³-hybridized carbons (Fsp3) is 0.500. The van der Waals surface area contributed by atoms with Crippen molar-refractivity contribution in [1.82, 2.24) is 0 Å². The highest BCUT2D eigenvalue weighted by molar-refractivity contribution is 5.78. The first-order valence-electron chi connectivity index (χ1n) is 5.99. The number of hydrogen-bond donors (Lipinski definition) is 0. The summed E-state index contributed by atoms with van der Waals surface area (Å²) in [7, 11) is 0. The largest absolute Gasteiger partial charge is 0.460 e. The number of carbonyl (C=O) groups is 1. The maximum atomic E-state index is 12.0. The van der Waals surface area contributed by atoms with Crippen LogP contribution in [-0.4, -0.2) is 18.4 Å². The monoisotopic (exact) mass is 250 g/mol. The van der Waals surface area contributed by atoms with Crippen LogP contribution in [0.1, 0.15) is 39.2 Å². The molecule has 0 aliphatic carbocycles. The minimum absolute atomic E-state index is 0.235. The van der Waals surface area contributed by atoms with Crippen LogP contribution in [0, 0.1) is 0 Å². The van der Waals surface area contributed by atoms with Gasteiger partial charge in [-0.2, -0.15) is 0 Å². The third-order valence-corrected chi connectivity index (χ3v) is 2.66. The molecule has 1 aromatic rings. The summed E-state index contributed by atoms with van der Waals surface area (Å²) in [4.78, 5) is 12.0. The van der Waals surface area contributed by atoms with E-state index >= 15 is 0 Å². The number of rotatable bonds is 2. The highest BCUT2D eigenvalue weighted by Gasteiger charge is 2.24. The van der Waals surface area contributed by atoms with E-state index in [2.05, 4.69) is 0 Å². The number of ether oxygens (including phenoxy) is 3. The molecule has 0 saturated heterocycles. The van der Waals surface area contributed by atoms with E-state index in [9.17, 15) is 4.79 Å². The first-order valence-corrected chi connectivity index (χ1v) is 5.99. The third kappa shape index (κ3) is 2.75. The molecule has 0 spiro atoms. The Morgan fingerprint density at radius 1 is 1.28 bits per heavy atom. The van der Waals surface area contributed by atoms with Gasteiger partial charge in [0, 0.05) is 0 Å². The van der Waals surface area contributed by atoms with Gasteiger partial charge in [-0.3, -0.25) is 4.79 Å². The van der Waals surface area contributed by atoms with Gasteiger partial charge in [-0.1, -0.05) is 6.07 Å². The van der Waals surface area contributed by atoms with E-state index in [1.54, 1.807) is 0 Å². The molecular formula is C14H18O4.